The number of hydrogen-bond acceptors (Lipinski definition) is 4. The molecule has 23 heavy (non-hydrogen) atoms. The Balaban J connectivity index is 1.67. The molecule has 0 radical (unpaired) electrons. The fourth-order valence-electron chi connectivity index (χ4n) is 2.28. The molecule has 1 heterocycles. The Morgan fingerprint density at radius 1 is 1.09 bits per heavy atom. The lowest BCUT2D eigenvalue weighted by Gasteiger charge is -2.08. The molecule has 0 aliphatic heterocycles. The number of carbonyl (C=O) groups excluding carboxylic acids is 2. The summed E-state index contributed by atoms with van der Waals surface area (Å²) in [5, 5.41) is 5.49. The minimum absolute atomic E-state index is 0.149. The zero-order chi connectivity index (χ0) is 16.2. The Kier molecular flexibility index (Phi) is 4.05. The standard InChI is InChI=1S/C17H15N3O3/c1-11(21)19-13-3-2-4-14(9-13)20-17(22)8-12-5-6-15-16(7-12)23-10-18-15/h2-7,9-10H,8H2,1H3,(H,19,21)(H,20,22). The summed E-state index contributed by atoms with van der Waals surface area (Å²) in [7, 11) is 0. The van der Waals surface area contributed by atoms with E-state index < -0.39 is 0 Å². The van der Waals surface area contributed by atoms with Crippen LogP contribution in [-0.4, -0.2) is 16.8 Å². The van der Waals surface area contributed by atoms with E-state index in [1.54, 1.807) is 30.3 Å². The van der Waals surface area contributed by atoms with Crippen molar-refractivity contribution in [2.45, 2.75) is 13.3 Å². The third kappa shape index (κ3) is 3.74. The Morgan fingerprint density at radius 3 is 2.65 bits per heavy atom. The van der Waals surface area contributed by atoms with Crippen LogP contribution in [0.15, 0.2) is 53.3 Å². The molecular weight excluding hydrogens is 294 g/mol. The van der Waals surface area contributed by atoms with E-state index in [2.05, 4.69) is 15.6 Å². The number of carbonyl (C=O) groups is 2. The van der Waals surface area contributed by atoms with Crippen molar-refractivity contribution < 1.29 is 14.0 Å². The van der Waals surface area contributed by atoms with Gasteiger partial charge in [0.15, 0.2) is 12.0 Å². The zero-order valence-electron chi connectivity index (χ0n) is 12.5. The Hall–Kier alpha value is -3.15. The van der Waals surface area contributed by atoms with E-state index >= 15 is 0 Å². The topological polar surface area (TPSA) is 84.2 Å². The van der Waals surface area contributed by atoms with Gasteiger partial charge < -0.3 is 15.1 Å². The highest BCUT2D eigenvalue weighted by atomic mass is 16.3. The number of oxazole rings is 1. The second-order valence-electron chi connectivity index (χ2n) is 5.14. The number of rotatable bonds is 4. The highest BCUT2D eigenvalue weighted by Crippen LogP contribution is 2.17. The van der Waals surface area contributed by atoms with Gasteiger partial charge in [-0.25, -0.2) is 4.98 Å². The maximum Gasteiger partial charge on any atom is 0.228 e. The van der Waals surface area contributed by atoms with Gasteiger partial charge in [0.1, 0.15) is 5.52 Å². The summed E-state index contributed by atoms with van der Waals surface area (Å²) in [6, 6.07) is 12.5. The van der Waals surface area contributed by atoms with E-state index in [1.165, 1.54) is 13.3 Å². The number of anilines is 2. The van der Waals surface area contributed by atoms with E-state index in [0.717, 1.165) is 11.1 Å². The molecule has 2 amide bonds. The van der Waals surface area contributed by atoms with E-state index in [-0.39, 0.29) is 18.2 Å². The van der Waals surface area contributed by atoms with Gasteiger partial charge in [-0.2, -0.15) is 0 Å². The molecule has 6 heteroatoms. The minimum atomic E-state index is -0.158. The summed E-state index contributed by atoms with van der Waals surface area (Å²) in [5.74, 6) is -0.308. The van der Waals surface area contributed by atoms with Gasteiger partial charge in [-0.3, -0.25) is 9.59 Å². The monoisotopic (exact) mass is 309 g/mol. The minimum Gasteiger partial charge on any atom is -0.443 e. The van der Waals surface area contributed by atoms with Gasteiger partial charge in [-0.1, -0.05) is 12.1 Å². The first kappa shape index (κ1) is 14.8. The lowest BCUT2D eigenvalue weighted by molar-refractivity contribution is -0.115. The lowest BCUT2D eigenvalue weighted by Crippen LogP contribution is -2.14. The van der Waals surface area contributed by atoms with Crippen molar-refractivity contribution >= 4 is 34.3 Å². The van der Waals surface area contributed by atoms with Gasteiger partial charge in [0, 0.05) is 18.3 Å². The molecule has 0 aliphatic carbocycles. The number of nitrogens with zero attached hydrogens (tertiary/aromatic N) is 1. The van der Waals surface area contributed by atoms with Crippen molar-refractivity contribution in [1.29, 1.82) is 0 Å². The van der Waals surface area contributed by atoms with Crippen LogP contribution >= 0.6 is 0 Å². The molecule has 0 aliphatic rings. The van der Waals surface area contributed by atoms with E-state index in [0.29, 0.717) is 17.0 Å². The van der Waals surface area contributed by atoms with Gasteiger partial charge in [-0.05, 0) is 35.9 Å². The smallest absolute Gasteiger partial charge is 0.228 e. The van der Waals surface area contributed by atoms with Crippen LogP contribution in [0.4, 0.5) is 11.4 Å². The molecule has 116 valence electrons. The number of nitrogens with one attached hydrogen (secondary N) is 2. The third-order valence-electron chi connectivity index (χ3n) is 3.23. The van der Waals surface area contributed by atoms with Gasteiger partial charge in [-0.15, -0.1) is 0 Å². The van der Waals surface area contributed by atoms with E-state index in [9.17, 15) is 9.59 Å². The molecule has 3 rings (SSSR count). The number of benzene rings is 2. The van der Waals surface area contributed by atoms with Crippen LogP contribution in [0.5, 0.6) is 0 Å². The van der Waals surface area contributed by atoms with Crippen LogP contribution in [0.3, 0.4) is 0 Å². The van der Waals surface area contributed by atoms with Crippen LogP contribution in [0.2, 0.25) is 0 Å². The van der Waals surface area contributed by atoms with Gasteiger partial charge >= 0.3 is 0 Å². The molecule has 6 nitrogen and oxygen atoms in total. The van der Waals surface area contributed by atoms with Crippen molar-refractivity contribution in [1.82, 2.24) is 4.98 Å². The van der Waals surface area contributed by atoms with Crippen LogP contribution in [0.25, 0.3) is 11.1 Å². The van der Waals surface area contributed by atoms with Crippen LogP contribution in [-0.2, 0) is 16.0 Å². The first-order valence-electron chi connectivity index (χ1n) is 7.10. The van der Waals surface area contributed by atoms with E-state index in [4.69, 9.17) is 4.42 Å². The summed E-state index contributed by atoms with van der Waals surface area (Å²) in [4.78, 5) is 27.2. The lowest BCUT2D eigenvalue weighted by atomic mass is 10.1. The normalized spacial score (nSPS) is 10.5. The number of aromatic nitrogens is 1. The molecule has 0 fully saturated rings. The second kappa shape index (κ2) is 6.31. The highest BCUT2D eigenvalue weighted by Gasteiger charge is 2.07. The van der Waals surface area contributed by atoms with Gasteiger partial charge in [0.2, 0.25) is 11.8 Å². The van der Waals surface area contributed by atoms with Gasteiger partial charge in [0.25, 0.3) is 0 Å². The predicted molar refractivity (Wildman–Crippen MR) is 87.1 cm³/mol. The molecule has 0 unspecified atom stereocenters. The number of hydrogen-bond donors (Lipinski definition) is 2. The predicted octanol–water partition coefficient (Wildman–Crippen LogP) is 2.97. The third-order valence-corrected chi connectivity index (χ3v) is 3.23. The Morgan fingerprint density at radius 2 is 1.87 bits per heavy atom. The van der Waals surface area contributed by atoms with E-state index in [1.807, 2.05) is 12.1 Å². The maximum atomic E-state index is 12.1. The van der Waals surface area contributed by atoms with Crippen molar-refractivity contribution in [2.75, 3.05) is 10.6 Å². The van der Waals surface area contributed by atoms with Crippen molar-refractivity contribution in [2.24, 2.45) is 0 Å². The summed E-state index contributed by atoms with van der Waals surface area (Å²) in [6.45, 7) is 1.44. The molecule has 2 aromatic carbocycles. The summed E-state index contributed by atoms with van der Waals surface area (Å²) in [6.07, 6.45) is 1.60. The molecular formula is C17H15N3O3. The molecule has 1 aromatic heterocycles. The van der Waals surface area contributed by atoms with Crippen LogP contribution < -0.4 is 10.6 Å². The van der Waals surface area contributed by atoms with Crippen molar-refractivity contribution in [3.05, 3.63) is 54.4 Å². The Bertz CT molecular complexity index is 870. The summed E-state index contributed by atoms with van der Waals surface area (Å²) in [5.41, 5.74) is 3.52. The fourth-order valence-corrected chi connectivity index (χ4v) is 2.28. The Labute approximate surface area is 132 Å². The zero-order valence-corrected chi connectivity index (χ0v) is 12.5. The average molecular weight is 309 g/mol. The maximum absolute atomic E-state index is 12.1. The van der Waals surface area contributed by atoms with Crippen molar-refractivity contribution in [3.63, 3.8) is 0 Å². The molecule has 0 saturated carbocycles. The molecule has 0 bridgehead atoms. The highest BCUT2D eigenvalue weighted by molar-refractivity contribution is 5.94. The van der Waals surface area contributed by atoms with Crippen molar-refractivity contribution in [3.8, 4) is 0 Å². The molecule has 0 atom stereocenters. The van der Waals surface area contributed by atoms with Gasteiger partial charge in [0.05, 0.1) is 6.42 Å². The molecule has 3 aromatic rings. The first-order valence-corrected chi connectivity index (χ1v) is 7.10. The van der Waals surface area contributed by atoms with Crippen LogP contribution in [0.1, 0.15) is 12.5 Å². The fraction of sp³-hybridized carbons (Fsp3) is 0.118. The molecule has 0 spiro atoms. The molecule has 0 saturated heterocycles. The van der Waals surface area contributed by atoms with Crippen LogP contribution in [0, 0.1) is 0 Å². The number of amides is 2. The summed E-state index contributed by atoms with van der Waals surface area (Å²) < 4.78 is 5.23. The summed E-state index contributed by atoms with van der Waals surface area (Å²) >= 11 is 0. The SMILES string of the molecule is CC(=O)Nc1cccc(NC(=O)Cc2ccc3ncoc3c2)c1. The first-order chi connectivity index (χ1) is 11.1. The quantitative estimate of drug-likeness (QED) is 0.776. The molecule has 2 N–H and O–H groups in total. The number of fused-ring (bicyclic) bond motifs is 1. The largest absolute Gasteiger partial charge is 0.443 e. The second-order valence-corrected chi connectivity index (χ2v) is 5.14. The average Bonchev–Trinajstić information content (AvgIpc) is 2.94.